The summed E-state index contributed by atoms with van der Waals surface area (Å²) in [6.07, 6.45) is 0. The number of carbonyl (C=O) groups is 3. The largest absolute Gasteiger partial charge is 0.484 e. The second-order valence-electron chi connectivity index (χ2n) is 7.19. The Morgan fingerprint density at radius 2 is 1.61 bits per heavy atom. The monoisotopic (exact) mass is 467 g/mol. The van der Waals surface area contributed by atoms with Crippen LogP contribution >= 0.6 is 11.3 Å². The van der Waals surface area contributed by atoms with Crippen molar-refractivity contribution in [1.29, 1.82) is 0 Å². The van der Waals surface area contributed by atoms with Crippen molar-refractivity contribution in [1.82, 2.24) is 0 Å². The van der Waals surface area contributed by atoms with Crippen molar-refractivity contribution in [3.05, 3.63) is 81.7 Å². The van der Waals surface area contributed by atoms with Gasteiger partial charge in [0.2, 0.25) is 0 Å². The van der Waals surface area contributed by atoms with E-state index in [1.54, 1.807) is 26.0 Å². The van der Waals surface area contributed by atoms with Crippen LogP contribution in [-0.2, 0) is 20.9 Å². The third kappa shape index (κ3) is 6.43. The van der Waals surface area contributed by atoms with E-state index >= 15 is 0 Å². The number of ether oxygens (including phenoxy) is 3. The van der Waals surface area contributed by atoms with E-state index in [1.165, 1.54) is 0 Å². The Hall–Kier alpha value is -3.65. The number of hydrogen-bond donors (Lipinski definition) is 1. The van der Waals surface area contributed by atoms with E-state index in [0.717, 1.165) is 22.5 Å². The SMILES string of the molecule is CCOC(=O)c1c(NC(=O)COc2ccc(C)cc2)sc(C(=O)OCc2ccccc2)c1C. The van der Waals surface area contributed by atoms with Crippen LogP contribution < -0.4 is 10.1 Å². The standard InChI is InChI=1S/C25H25NO6S/c1-4-30-24(28)21-17(3)22(25(29)32-14-18-8-6-5-7-9-18)33-23(21)26-20(27)15-31-19-12-10-16(2)11-13-19/h5-13H,4,14-15H2,1-3H3,(H,26,27). The van der Waals surface area contributed by atoms with E-state index < -0.39 is 17.8 Å². The maximum atomic E-state index is 12.7. The number of anilines is 1. The van der Waals surface area contributed by atoms with E-state index in [9.17, 15) is 14.4 Å². The molecule has 1 amide bonds. The molecule has 0 atom stereocenters. The summed E-state index contributed by atoms with van der Waals surface area (Å²) < 4.78 is 16.0. The highest BCUT2D eigenvalue weighted by atomic mass is 32.1. The summed E-state index contributed by atoms with van der Waals surface area (Å²) in [6, 6.07) is 16.6. The van der Waals surface area contributed by atoms with Gasteiger partial charge in [-0.25, -0.2) is 9.59 Å². The molecule has 0 spiro atoms. The first kappa shape index (κ1) is 24.0. The van der Waals surface area contributed by atoms with Crippen LogP contribution in [0.2, 0.25) is 0 Å². The lowest BCUT2D eigenvalue weighted by Gasteiger charge is -2.08. The Kier molecular flexibility index (Phi) is 8.21. The minimum atomic E-state index is -0.622. The average molecular weight is 468 g/mol. The lowest BCUT2D eigenvalue weighted by atomic mass is 10.1. The number of hydrogen-bond acceptors (Lipinski definition) is 7. The number of amides is 1. The first-order valence-corrected chi connectivity index (χ1v) is 11.2. The van der Waals surface area contributed by atoms with Crippen molar-refractivity contribution < 1.29 is 28.6 Å². The zero-order valence-electron chi connectivity index (χ0n) is 18.7. The summed E-state index contributed by atoms with van der Waals surface area (Å²) in [5.41, 5.74) is 2.45. The number of thiophene rings is 1. The van der Waals surface area contributed by atoms with Gasteiger partial charge in [-0.15, -0.1) is 11.3 Å². The summed E-state index contributed by atoms with van der Waals surface area (Å²) in [6.45, 7) is 5.26. The average Bonchev–Trinajstić information content (AvgIpc) is 3.13. The molecule has 0 saturated heterocycles. The first-order chi connectivity index (χ1) is 15.9. The van der Waals surface area contributed by atoms with Crippen LogP contribution in [0.1, 0.15) is 43.6 Å². The molecule has 1 N–H and O–H groups in total. The smallest absolute Gasteiger partial charge is 0.349 e. The van der Waals surface area contributed by atoms with Crippen LogP contribution in [0, 0.1) is 13.8 Å². The van der Waals surface area contributed by atoms with Crippen molar-refractivity contribution in [2.75, 3.05) is 18.5 Å². The molecule has 3 rings (SSSR count). The minimum Gasteiger partial charge on any atom is -0.484 e. The van der Waals surface area contributed by atoms with Gasteiger partial charge in [0.15, 0.2) is 6.61 Å². The summed E-state index contributed by atoms with van der Waals surface area (Å²) in [5.74, 6) is -1.12. The molecule has 8 heteroatoms. The molecule has 0 saturated carbocycles. The van der Waals surface area contributed by atoms with Gasteiger partial charge in [0, 0.05) is 0 Å². The van der Waals surface area contributed by atoms with Gasteiger partial charge in [-0.2, -0.15) is 0 Å². The van der Waals surface area contributed by atoms with Crippen molar-refractivity contribution in [2.24, 2.45) is 0 Å². The van der Waals surface area contributed by atoms with E-state index in [-0.39, 0.29) is 35.3 Å². The van der Waals surface area contributed by atoms with Gasteiger partial charge in [-0.05, 0) is 44.0 Å². The fourth-order valence-corrected chi connectivity index (χ4v) is 4.08. The van der Waals surface area contributed by atoms with Gasteiger partial charge in [0.25, 0.3) is 5.91 Å². The van der Waals surface area contributed by atoms with Crippen LogP contribution in [0.25, 0.3) is 0 Å². The van der Waals surface area contributed by atoms with Crippen LogP contribution in [0.5, 0.6) is 5.75 Å². The van der Waals surface area contributed by atoms with Crippen LogP contribution in [0.15, 0.2) is 54.6 Å². The van der Waals surface area contributed by atoms with Crippen molar-refractivity contribution >= 4 is 34.2 Å². The number of benzene rings is 2. The van der Waals surface area contributed by atoms with Crippen molar-refractivity contribution in [3.8, 4) is 5.75 Å². The molecule has 7 nitrogen and oxygen atoms in total. The minimum absolute atomic E-state index is 0.0951. The third-order valence-corrected chi connectivity index (χ3v) is 5.86. The van der Waals surface area contributed by atoms with Gasteiger partial charge in [0.05, 0.1) is 12.2 Å². The van der Waals surface area contributed by atoms with Crippen LogP contribution in [0.3, 0.4) is 0 Å². The Morgan fingerprint density at radius 3 is 2.27 bits per heavy atom. The molecule has 2 aromatic carbocycles. The molecule has 0 aliphatic heterocycles. The predicted molar refractivity (Wildman–Crippen MR) is 126 cm³/mol. The van der Waals surface area contributed by atoms with Crippen molar-refractivity contribution in [2.45, 2.75) is 27.4 Å². The fourth-order valence-electron chi connectivity index (χ4n) is 2.98. The second kappa shape index (κ2) is 11.3. The lowest BCUT2D eigenvalue weighted by Crippen LogP contribution is -2.21. The molecule has 0 aliphatic rings. The third-order valence-electron chi connectivity index (χ3n) is 4.67. The quantitative estimate of drug-likeness (QED) is 0.450. The fraction of sp³-hybridized carbons (Fsp3) is 0.240. The van der Waals surface area contributed by atoms with Crippen LogP contribution in [0.4, 0.5) is 5.00 Å². The molecule has 0 fully saturated rings. The van der Waals surface area contributed by atoms with Crippen molar-refractivity contribution in [3.63, 3.8) is 0 Å². The topological polar surface area (TPSA) is 90.9 Å². The zero-order chi connectivity index (χ0) is 23.8. The van der Waals surface area contributed by atoms with E-state index in [1.807, 2.05) is 49.4 Å². The van der Waals surface area contributed by atoms with Crippen LogP contribution in [-0.4, -0.2) is 31.1 Å². The maximum absolute atomic E-state index is 12.7. The number of nitrogens with one attached hydrogen (secondary N) is 1. The van der Waals surface area contributed by atoms with Gasteiger partial charge in [-0.1, -0.05) is 48.0 Å². The highest BCUT2D eigenvalue weighted by molar-refractivity contribution is 7.18. The molecule has 0 unspecified atom stereocenters. The highest BCUT2D eigenvalue weighted by Gasteiger charge is 2.27. The molecule has 0 aliphatic carbocycles. The Bertz CT molecular complexity index is 1120. The molecule has 1 aromatic heterocycles. The van der Waals surface area contributed by atoms with Gasteiger partial charge in [-0.3, -0.25) is 4.79 Å². The zero-order valence-corrected chi connectivity index (χ0v) is 19.5. The first-order valence-electron chi connectivity index (χ1n) is 10.4. The molecule has 172 valence electrons. The number of carbonyl (C=O) groups excluding carboxylic acids is 3. The van der Waals surface area contributed by atoms with Gasteiger partial charge < -0.3 is 19.5 Å². The second-order valence-corrected chi connectivity index (χ2v) is 8.21. The van der Waals surface area contributed by atoms with E-state index in [2.05, 4.69) is 5.32 Å². The molecule has 1 heterocycles. The number of rotatable bonds is 9. The molecular weight excluding hydrogens is 442 g/mol. The Labute approximate surface area is 196 Å². The molecule has 33 heavy (non-hydrogen) atoms. The molecule has 3 aromatic rings. The molecular formula is C25H25NO6S. The van der Waals surface area contributed by atoms with Gasteiger partial charge in [0.1, 0.15) is 22.2 Å². The molecule has 0 radical (unpaired) electrons. The number of esters is 2. The van der Waals surface area contributed by atoms with E-state index in [4.69, 9.17) is 14.2 Å². The van der Waals surface area contributed by atoms with Gasteiger partial charge >= 0.3 is 11.9 Å². The summed E-state index contributed by atoms with van der Waals surface area (Å²) in [7, 11) is 0. The summed E-state index contributed by atoms with van der Waals surface area (Å²) in [5, 5.41) is 2.89. The molecule has 0 bridgehead atoms. The Morgan fingerprint density at radius 1 is 0.909 bits per heavy atom. The van der Waals surface area contributed by atoms with E-state index in [0.29, 0.717) is 11.3 Å². The maximum Gasteiger partial charge on any atom is 0.349 e. The predicted octanol–water partition coefficient (Wildman–Crippen LogP) is 4.92. The summed E-state index contributed by atoms with van der Waals surface area (Å²) >= 11 is 0.973. The lowest BCUT2D eigenvalue weighted by molar-refractivity contribution is -0.118. The number of aryl methyl sites for hydroxylation is 1. The normalized spacial score (nSPS) is 10.4. The summed E-state index contributed by atoms with van der Waals surface area (Å²) in [4.78, 5) is 38.0. The Balaban J connectivity index is 1.74. The highest BCUT2D eigenvalue weighted by Crippen LogP contribution is 2.34.